The van der Waals surface area contributed by atoms with Crippen molar-refractivity contribution in [3.63, 3.8) is 0 Å². The Morgan fingerprint density at radius 3 is 2.25 bits per heavy atom. The van der Waals surface area contributed by atoms with Crippen molar-refractivity contribution in [2.45, 2.75) is 58.2 Å². The molecule has 2 atom stereocenters. The predicted octanol–water partition coefficient (Wildman–Crippen LogP) is 5.08. The van der Waals surface area contributed by atoms with E-state index < -0.39 is 28.8 Å². The van der Waals surface area contributed by atoms with Gasteiger partial charge in [0.05, 0.1) is 24.7 Å². The number of carbonyl (C=O) groups is 2. The highest BCUT2D eigenvalue weighted by molar-refractivity contribution is 5.77. The summed E-state index contributed by atoms with van der Waals surface area (Å²) in [7, 11) is 2.91. The SMILES string of the molecule is COC[C@H]1CN(C(=O)OC(C)(C)C)C[C@@H]1c1ccc(C(F)(F)F)cc1N1CCC(C)(C(=O)OC)CC1. The summed E-state index contributed by atoms with van der Waals surface area (Å²) >= 11 is 0. The van der Waals surface area contributed by atoms with Crippen LogP contribution in [0.3, 0.4) is 0 Å². The van der Waals surface area contributed by atoms with Gasteiger partial charge in [-0.1, -0.05) is 6.07 Å². The van der Waals surface area contributed by atoms with Crippen LogP contribution in [0.2, 0.25) is 0 Å². The van der Waals surface area contributed by atoms with E-state index in [0.717, 1.165) is 11.6 Å². The summed E-state index contributed by atoms with van der Waals surface area (Å²) in [5.74, 6) is -0.651. The molecule has 0 spiro atoms. The lowest BCUT2D eigenvalue weighted by Crippen LogP contribution is -2.43. The normalized spacial score (nSPS) is 22.5. The van der Waals surface area contributed by atoms with Gasteiger partial charge in [0, 0.05) is 50.8 Å². The Balaban J connectivity index is 1.95. The van der Waals surface area contributed by atoms with E-state index in [1.54, 1.807) is 32.8 Å². The number of alkyl halides is 3. The van der Waals surface area contributed by atoms with Crippen LogP contribution < -0.4 is 4.90 Å². The summed E-state index contributed by atoms with van der Waals surface area (Å²) in [5.41, 5.74) is -0.850. The molecular formula is C26H37F3N2O5. The van der Waals surface area contributed by atoms with Crippen LogP contribution in [0.15, 0.2) is 18.2 Å². The minimum absolute atomic E-state index is 0.108. The monoisotopic (exact) mass is 514 g/mol. The number of anilines is 1. The van der Waals surface area contributed by atoms with Crippen molar-refractivity contribution < 1.29 is 37.0 Å². The van der Waals surface area contributed by atoms with Crippen LogP contribution in [-0.2, 0) is 25.2 Å². The number of piperidine rings is 1. The molecule has 0 aliphatic carbocycles. The zero-order chi connectivity index (χ0) is 26.9. The van der Waals surface area contributed by atoms with Crippen LogP contribution in [-0.4, -0.2) is 69.6 Å². The fourth-order valence-electron chi connectivity index (χ4n) is 5.08. The Hall–Kier alpha value is -2.49. The average molecular weight is 515 g/mol. The molecule has 1 amide bonds. The molecule has 7 nitrogen and oxygen atoms in total. The highest BCUT2D eigenvalue weighted by atomic mass is 19.4. The molecule has 0 N–H and O–H groups in total. The number of halogens is 3. The molecule has 2 saturated heterocycles. The summed E-state index contributed by atoms with van der Waals surface area (Å²) in [6.45, 7) is 9.07. The van der Waals surface area contributed by atoms with Crippen molar-refractivity contribution in [1.82, 2.24) is 4.90 Å². The van der Waals surface area contributed by atoms with E-state index in [4.69, 9.17) is 14.2 Å². The van der Waals surface area contributed by atoms with Crippen LogP contribution in [0.4, 0.5) is 23.7 Å². The summed E-state index contributed by atoms with van der Waals surface area (Å²) < 4.78 is 56.9. The largest absolute Gasteiger partial charge is 0.469 e. The Labute approximate surface area is 210 Å². The van der Waals surface area contributed by atoms with Crippen molar-refractivity contribution in [1.29, 1.82) is 0 Å². The molecule has 0 bridgehead atoms. The molecule has 0 radical (unpaired) electrons. The fourth-order valence-corrected chi connectivity index (χ4v) is 5.08. The number of amides is 1. The molecule has 2 aliphatic rings. The Morgan fingerprint density at radius 1 is 1.08 bits per heavy atom. The number of nitrogens with zero attached hydrogens (tertiary/aromatic N) is 2. The Kier molecular flexibility index (Phi) is 8.17. The first kappa shape index (κ1) is 28.1. The van der Waals surface area contributed by atoms with E-state index in [2.05, 4.69) is 0 Å². The lowest BCUT2D eigenvalue weighted by molar-refractivity contribution is -0.153. The Bertz CT molecular complexity index is 952. The molecule has 0 aromatic heterocycles. The third-order valence-electron chi connectivity index (χ3n) is 7.12. The lowest BCUT2D eigenvalue weighted by atomic mass is 9.79. The lowest BCUT2D eigenvalue weighted by Gasteiger charge is -2.40. The zero-order valence-electron chi connectivity index (χ0n) is 21.9. The molecule has 36 heavy (non-hydrogen) atoms. The Morgan fingerprint density at radius 2 is 1.72 bits per heavy atom. The van der Waals surface area contributed by atoms with Gasteiger partial charge in [-0.25, -0.2) is 4.79 Å². The van der Waals surface area contributed by atoms with Gasteiger partial charge in [0.25, 0.3) is 0 Å². The maximum Gasteiger partial charge on any atom is 0.416 e. The predicted molar refractivity (Wildman–Crippen MR) is 129 cm³/mol. The smallest absolute Gasteiger partial charge is 0.416 e. The van der Waals surface area contributed by atoms with Crippen LogP contribution in [0.25, 0.3) is 0 Å². The number of esters is 1. The highest BCUT2D eigenvalue weighted by Gasteiger charge is 2.42. The minimum Gasteiger partial charge on any atom is -0.469 e. The molecular weight excluding hydrogens is 477 g/mol. The third kappa shape index (κ3) is 6.25. The van der Waals surface area contributed by atoms with Crippen LogP contribution in [0.5, 0.6) is 0 Å². The van der Waals surface area contributed by atoms with Crippen LogP contribution in [0, 0.1) is 11.3 Å². The second kappa shape index (κ2) is 10.5. The minimum atomic E-state index is -4.49. The summed E-state index contributed by atoms with van der Waals surface area (Å²) in [4.78, 5) is 28.6. The number of ether oxygens (including phenoxy) is 3. The van der Waals surface area contributed by atoms with E-state index >= 15 is 0 Å². The average Bonchev–Trinajstić information content (AvgIpc) is 3.21. The van der Waals surface area contributed by atoms with Gasteiger partial charge in [-0.2, -0.15) is 13.2 Å². The molecule has 2 heterocycles. The van der Waals surface area contributed by atoms with Crippen LogP contribution >= 0.6 is 0 Å². The number of methoxy groups -OCH3 is 2. The molecule has 2 fully saturated rings. The zero-order valence-corrected chi connectivity index (χ0v) is 21.9. The maximum absolute atomic E-state index is 13.7. The summed E-state index contributed by atoms with van der Waals surface area (Å²) in [5, 5.41) is 0. The molecule has 3 rings (SSSR count). The first-order valence-electron chi connectivity index (χ1n) is 12.2. The first-order valence-corrected chi connectivity index (χ1v) is 12.2. The van der Waals surface area contributed by atoms with E-state index in [1.807, 2.05) is 11.8 Å². The topological polar surface area (TPSA) is 68.3 Å². The van der Waals surface area contributed by atoms with Gasteiger partial charge >= 0.3 is 18.2 Å². The van der Waals surface area contributed by atoms with Crippen molar-refractivity contribution in [2.24, 2.45) is 11.3 Å². The van der Waals surface area contributed by atoms with E-state index in [-0.39, 0.29) is 17.8 Å². The van der Waals surface area contributed by atoms with Gasteiger partial charge in [0.2, 0.25) is 0 Å². The van der Waals surface area contributed by atoms with Crippen molar-refractivity contribution in [2.75, 3.05) is 51.9 Å². The van der Waals surface area contributed by atoms with Gasteiger partial charge in [0.15, 0.2) is 0 Å². The summed E-state index contributed by atoms with van der Waals surface area (Å²) in [6.07, 6.45) is -4.02. The molecule has 1 aromatic rings. The molecule has 1 aromatic carbocycles. The summed E-state index contributed by atoms with van der Waals surface area (Å²) in [6, 6.07) is 3.82. The number of hydrogen-bond acceptors (Lipinski definition) is 6. The molecule has 0 saturated carbocycles. The third-order valence-corrected chi connectivity index (χ3v) is 7.12. The van der Waals surface area contributed by atoms with Gasteiger partial charge in [0.1, 0.15) is 5.60 Å². The van der Waals surface area contributed by atoms with E-state index in [9.17, 15) is 22.8 Å². The number of carbonyl (C=O) groups excluding carboxylic acids is 2. The number of hydrogen-bond donors (Lipinski definition) is 0. The molecule has 202 valence electrons. The van der Waals surface area contributed by atoms with Crippen LogP contribution in [0.1, 0.15) is 57.6 Å². The van der Waals surface area contributed by atoms with Gasteiger partial charge in [-0.05, 0) is 58.2 Å². The fraction of sp³-hybridized carbons (Fsp3) is 0.692. The standard InChI is InChI=1S/C26H37F3N2O5/c1-24(2,3)36-23(33)31-14-17(16-34-5)20(15-31)19-8-7-18(26(27,28)29)13-21(19)30-11-9-25(4,10-12-30)22(32)35-6/h7-8,13,17,20H,9-12,14-16H2,1-6H3/t17-,20+/m1/s1. The second-order valence-electron chi connectivity index (χ2n) is 11.0. The van der Waals surface area contributed by atoms with Gasteiger partial charge in [-0.3, -0.25) is 4.79 Å². The number of rotatable bonds is 5. The first-order chi connectivity index (χ1) is 16.7. The number of benzene rings is 1. The second-order valence-corrected chi connectivity index (χ2v) is 11.0. The molecule has 10 heteroatoms. The van der Waals surface area contributed by atoms with Gasteiger partial charge in [-0.15, -0.1) is 0 Å². The molecule has 0 unspecified atom stereocenters. The molecule has 2 aliphatic heterocycles. The van der Waals surface area contributed by atoms with Crippen molar-refractivity contribution in [3.8, 4) is 0 Å². The van der Waals surface area contributed by atoms with E-state index in [1.165, 1.54) is 19.2 Å². The van der Waals surface area contributed by atoms with Crippen molar-refractivity contribution in [3.05, 3.63) is 29.3 Å². The van der Waals surface area contributed by atoms with E-state index in [0.29, 0.717) is 51.3 Å². The highest BCUT2D eigenvalue weighted by Crippen LogP contribution is 2.43. The quantitative estimate of drug-likeness (QED) is 0.511. The maximum atomic E-state index is 13.7. The number of likely N-dealkylation sites (tertiary alicyclic amines) is 1. The van der Waals surface area contributed by atoms with Gasteiger partial charge < -0.3 is 24.0 Å². The van der Waals surface area contributed by atoms with Crippen molar-refractivity contribution >= 4 is 17.7 Å².